The lowest BCUT2D eigenvalue weighted by Crippen LogP contribution is -2.34. The fourth-order valence-electron chi connectivity index (χ4n) is 1.98. The van der Waals surface area contributed by atoms with Crippen LogP contribution in [-0.4, -0.2) is 12.5 Å². The lowest BCUT2D eigenvalue weighted by atomic mass is 9.91. The minimum absolute atomic E-state index is 0.0142. The molecular formula is C16H26N2O. The highest BCUT2D eigenvalue weighted by atomic mass is 16.2. The molecule has 0 bridgehead atoms. The van der Waals surface area contributed by atoms with Crippen LogP contribution in [0.25, 0.3) is 0 Å². The van der Waals surface area contributed by atoms with Gasteiger partial charge >= 0.3 is 0 Å². The van der Waals surface area contributed by atoms with Crippen LogP contribution in [0.15, 0.2) is 24.3 Å². The minimum atomic E-state index is 0.0142. The Morgan fingerprint density at radius 2 is 1.79 bits per heavy atom. The Hall–Kier alpha value is -1.35. The predicted molar refractivity (Wildman–Crippen MR) is 81.0 cm³/mol. The number of nitrogens with two attached hydrogens (primary N) is 1. The Bertz CT molecular complexity index is 404. The number of benzene rings is 1. The van der Waals surface area contributed by atoms with E-state index in [1.165, 1.54) is 0 Å². The van der Waals surface area contributed by atoms with Crippen molar-refractivity contribution in [2.24, 2.45) is 11.1 Å². The van der Waals surface area contributed by atoms with E-state index >= 15 is 0 Å². The van der Waals surface area contributed by atoms with Gasteiger partial charge in [0.1, 0.15) is 0 Å². The number of carbonyl (C=O) groups is 1. The molecule has 0 aromatic heterocycles. The first-order valence-corrected chi connectivity index (χ1v) is 6.96. The lowest BCUT2D eigenvalue weighted by molar-refractivity contribution is -0.120. The molecule has 0 aliphatic carbocycles. The monoisotopic (exact) mass is 262 g/mol. The molecule has 0 unspecified atom stereocenters. The molecule has 3 heteroatoms. The summed E-state index contributed by atoms with van der Waals surface area (Å²) in [5.74, 6) is 0.190. The summed E-state index contributed by atoms with van der Waals surface area (Å²) in [7, 11) is 0. The van der Waals surface area contributed by atoms with Crippen LogP contribution in [-0.2, 0) is 11.3 Å². The lowest BCUT2D eigenvalue weighted by Gasteiger charge is -2.26. The van der Waals surface area contributed by atoms with Gasteiger partial charge in [0.05, 0.1) is 0 Å². The summed E-state index contributed by atoms with van der Waals surface area (Å²) < 4.78 is 0. The average molecular weight is 262 g/mol. The van der Waals surface area contributed by atoms with Gasteiger partial charge in [-0.05, 0) is 29.5 Å². The number of hydrogen-bond donors (Lipinski definition) is 1. The highest BCUT2D eigenvalue weighted by Crippen LogP contribution is 2.23. The molecule has 3 nitrogen and oxygen atoms in total. The maximum atomic E-state index is 12.4. The Balaban J connectivity index is 2.89. The van der Waals surface area contributed by atoms with Gasteiger partial charge in [0.25, 0.3) is 0 Å². The molecule has 1 rings (SSSR count). The van der Waals surface area contributed by atoms with Crippen LogP contribution in [0, 0.1) is 5.41 Å². The van der Waals surface area contributed by atoms with E-state index in [0.717, 1.165) is 24.2 Å². The maximum absolute atomic E-state index is 12.4. The van der Waals surface area contributed by atoms with Crippen molar-refractivity contribution >= 4 is 11.6 Å². The van der Waals surface area contributed by atoms with Gasteiger partial charge in [0.15, 0.2) is 0 Å². The van der Waals surface area contributed by atoms with E-state index in [4.69, 9.17) is 5.73 Å². The van der Waals surface area contributed by atoms with Gasteiger partial charge < -0.3 is 10.6 Å². The molecule has 2 N–H and O–H groups in total. The van der Waals surface area contributed by atoms with Gasteiger partial charge in [-0.1, -0.05) is 39.8 Å². The largest absolute Gasteiger partial charge is 0.326 e. The third kappa shape index (κ3) is 5.03. The molecule has 0 fully saturated rings. The van der Waals surface area contributed by atoms with Crippen LogP contribution in [0.5, 0.6) is 0 Å². The summed E-state index contributed by atoms with van der Waals surface area (Å²) >= 11 is 0. The van der Waals surface area contributed by atoms with Crippen molar-refractivity contribution < 1.29 is 4.79 Å². The average Bonchev–Trinajstić information content (AvgIpc) is 2.34. The van der Waals surface area contributed by atoms with E-state index in [1.807, 2.05) is 29.2 Å². The van der Waals surface area contributed by atoms with Crippen LogP contribution in [0.4, 0.5) is 5.69 Å². The van der Waals surface area contributed by atoms with Crippen LogP contribution in [0.3, 0.4) is 0 Å². The third-order valence-electron chi connectivity index (χ3n) is 2.91. The fraction of sp³-hybridized carbons (Fsp3) is 0.562. The van der Waals surface area contributed by atoms with E-state index in [2.05, 4.69) is 27.7 Å². The number of amides is 1. The highest BCUT2D eigenvalue weighted by Gasteiger charge is 2.21. The molecular weight excluding hydrogens is 236 g/mol. The van der Waals surface area contributed by atoms with Crippen molar-refractivity contribution in [2.45, 2.75) is 47.1 Å². The van der Waals surface area contributed by atoms with Gasteiger partial charge in [-0.25, -0.2) is 0 Å². The van der Waals surface area contributed by atoms with Gasteiger partial charge in [-0.2, -0.15) is 0 Å². The number of anilines is 1. The van der Waals surface area contributed by atoms with E-state index in [0.29, 0.717) is 13.0 Å². The van der Waals surface area contributed by atoms with Gasteiger partial charge in [0.2, 0.25) is 5.91 Å². The number of hydrogen-bond acceptors (Lipinski definition) is 2. The van der Waals surface area contributed by atoms with Crippen LogP contribution >= 0.6 is 0 Å². The third-order valence-corrected chi connectivity index (χ3v) is 2.91. The Morgan fingerprint density at radius 1 is 1.21 bits per heavy atom. The molecule has 0 heterocycles. The molecule has 1 aromatic carbocycles. The zero-order valence-corrected chi connectivity index (χ0v) is 12.6. The van der Waals surface area contributed by atoms with Gasteiger partial charge in [0, 0.05) is 25.2 Å². The Morgan fingerprint density at radius 3 is 2.21 bits per heavy atom. The van der Waals surface area contributed by atoms with Crippen LogP contribution in [0.2, 0.25) is 0 Å². The maximum Gasteiger partial charge on any atom is 0.227 e. The van der Waals surface area contributed by atoms with E-state index < -0.39 is 0 Å². The first kappa shape index (κ1) is 15.7. The van der Waals surface area contributed by atoms with Gasteiger partial charge in [-0.15, -0.1) is 0 Å². The zero-order valence-electron chi connectivity index (χ0n) is 12.6. The first-order valence-electron chi connectivity index (χ1n) is 6.96. The normalized spacial score (nSPS) is 11.4. The summed E-state index contributed by atoms with van der Waals surface area (Å²) in [4.78, 5) is 14.3. The fourth-order valence-corrected chi connectivity index (χ4v) is 1.98. The molecule has 106 valence electrons. The van der Waals surface area contributed by atoms with Crippen molar-refractivity contribution in [3.05, 3.63) is 29.8 Å². The number of carbonyl (C=O) groups excluding carboxylic acids is 1. The molecule has 0 aliphatic heterocycles. The quantitative estimate of drug-likeness (QED) is 0.884. The summed E-state index contributed by atoms with van der Waals surface area (Å²) in [5, 5.41) is 0. The first-order chi connectivity index (χ1) is 8.87. The molecule has 0 aliphatic rings. The second kappa shape index (κ2) is 6.71. The molecule has 1 aromatic rings. The second-order valence-corrected chi connectivity index (χ2v) is 6.15. The number of nitrogens with zero attached hydrogens (tertiary/aromatic N) is 1. The van der Waals surface area contributed by atoms with E-state index in [-0.39, 0.29) is 11.3 Å². The molecule has 0 atom stereocenters. The van der Waals surface area contributed by atoms with Crippen molar-refractivity contribution in [2.75, 3.05) is 11.4 Å². The number of rotatable bonds is 5. The smallest absolute Gasteiger partial charge is 0.227 e. The van der Waals surface area contributed by atoms with E-state index in [1.54, 1.807) is 0 Å². The van der Waals surface area contributed by atoms with Crippen molar-refractivity contribution in [1.82, 2.24) is 0 Å². The molecule has 19 heavy (non-hydrogen) atoms. The summed E-state index contributed by atoms with van der Waals surface area (Å²) in [6, 6.07) is 7.95. The van der Waals surface area contributed by atoms with Crippen molar-refractivity contribution in [1.29, 1.82) is 0 Å². The highest BCUT2D eigenvalue weighted by molar-refractivity contribution is 5.93. The molecule has 0 saturated heterocycles. The molecule has 0 radical (unpaired) electrons. The van der Waals surface area contributed by atoms with Gasteiger partial charge in [-0.3, -0.25) is 4.79 Å². The SMILES string of the molecule is CCCN(C(=O)CC(C)(C)C)c1ccc(CN)cc1. The molecule has 0 saturated carbocycles. The topological polar surface area (TPSA) is 46.3 Å². The van der Waals surface area contributed by atoms with E-state index in [9.17, 15) is 4.79 Å². The molecule has 0 spiro atoms. The zero-order chi connectivity index (χ0) is 14.5. The second-order valence-electron chi connectivity index (χ2n) is 6.15. The van der Waals surface area contributed by atoms with Crippen LogP contribution < -0.4 is 10.6 Å². The Kier molecular flexibility index (Phi) is 5.55. The molecule has 1 amide bonds. The van der Waals surface area contributed by atoms with Crippen molar-refractivity contribution in [3.63, 3.8) is 0 Å². The summed E-state index contributed by atoms with van der Waals surface area (Å²) in [6.07, 6.45) is 1.51. The minimum Gasteiger partial charge on any atom is -0.326 e. The van der Waals surface area contributed by atoms with Crippen molar-refractivity contribution in [3.8, 4) is 0 Å². The predicted octanol–water partition coefficient (Wildman–Crippen LogP) is 3.32. The Labute approximate surface area is 116 Å². The summed E-state index contributed by atoms with van der Waals surface area (Å²) in [6.45, 7) is 9.65. The summed E-state index contributed by atoms with van der Waals surface area (Å²) in [5.41, 5.74) is 7.66. The van der Waals surface area contributed by atoms with Crippen LogP contribution in [0.1, 0.15) is 46.1 Å². The standard InChI is InChI=1S/C16H26N2O/c1-5-10-18(15(19)11-16(2,3)4)14-8-6-13(12-17)7-9-14/h6-9H,5,10-12,17H2,1-4H3.